The highest BCUT2D eigenvalue weighted by molar-refractivity contribution is 5.79. The van der Waals surface area contributed by atoms with Crippen LogP contribution in [0.25, 0.3) is 11.0 Å². The summed E-state index contributed by atoms with van der Waals surface area (Å²) < 4.78 is 11.4. The molecule has 0 bridgehead atoms. The van der Waals surface area contributed by atoms with Crippen molar-refractivity contribution in [3.8, 4) is 5.75 Å². The Bertz CT molecular complexity index is 813. The van der Waals surface area contributed by atoms with E-state index in [2.05, 4.69) is 11.4 Å². The molecule has 0 spiro atoms. The topological polar surface area (TPSA) is 51.5 Å². The first kappa shape index (κ1) is 16.1. The Kier molecular flexibility index (Phi) is 4.56. The molecule has 0 aliphatic carbocycles. The fraction of sp³-hybridized carbons (Fsp3) is 0.250. The van der Waals surface area contributed by atoms with Crippen molar-refractivity contribution in [3.63, 3.8) is 0 Å². The molecule has 24 heavy (non-hydrogen) atoms. The summed E-state index contributed by atoms with van der Waals surface area (Å²) in [5, 5.41) is 3.93. The zero-order valence-electron chi connectivity index (χ0n) is 14.1. The number of hydrogen-bond acceptors (Lipinski definition) is 3. The van der Waals surface area contributed by atoms with Crippen LogP contribution in [0, 0.1) is 13.8 Å². The van der Waals surface area contributed by atoms with Gasteiger partial charge in [0.1, 0.15) is 17.1 Å². The molecule has 0 radical (unpaired) electrons. The average Bonchev–Trinajstić information content (AvgIpc) is 2.96. The van der Waals surface area contributed by atoms with Crippen LogP contribution in [0.4, 0.5) is 0 Å². The fourth-order valence-electron chi connectivity index (χ4n) is 2.74. The number of hydrogen-bond donors (Lipinski definition) is 1. The molecule has 0 aliphatic rings. The van der Waals surface area contributed by atoms with Gasteiger partial charge in [-0.3, -0.25) is 4.79 Å². The average molecular weight is 323 g/mol. The molecular formula is C20H21NO3. The van der Waals surface area contributed by atoms with Crippen LogP contribution in [-0.2, 0) is 4.79 Å². The number of amides is 1. The third-order valence-corrected chi connectivity index (χ3v) is 3.81. The molecule has 3 rings (SSSR count). The highest BCUT2D eigenvalue weighted by atomic mass is 16.5. The van der Waals surface area contributed by atoms with Crippen LogP contribution in [0.5, 0.6) is 5.75 Å². The Hall–Kier alpha value is -2.75. The number of ether oxygens (including phenoxy) is 1. The lowest BCUT2D eigenvalue weighted by atomic mass is 10.1. The number of carbonyl (C=O) groups excluding carboxylic acids is 1. The van der Waals surface area contributed by atoms with E-state index in [-0.39, 0.29) is 18.6 Å². The van der Waals surface area contributed by atoms with E-state index >= 15 is 0 Å². The molecule has 2 aromatic carbocycles. The van der Waals surface area contributed by atoms with Crippen LogP contribution in [0.1, 0.15) is 29.9 Å². The maximum atomic E-state index is 12.1. The van der Waals surface area contributed by atoms with Crippen molar-refractivity contribution in [1.29, 1.82) is 0 Å². The van der Waals surface area contributed by atoms with Gasteiger partial charge in [0.05, 0.1) is 6.04 Å². The lowest BCUT2D eigenvalue weighted by molar-refractivity contribution is -0.123. The number of carbonyl (C=O) groups is 1. The molecule has 0 saturated carbocycles. The van der Waals surface area contributed by atoms with E-state index in [4.69, 9.17) is 9.15 Å². The molecule has 1 atom stereocenters. The number of fused-ring (bicyclic) bond motifs is 1. The molecular weight excluding hydrogens is 302 g/mol. The van der Waals surface area contributed by atoms with Gasteiger partial charge in [0.2, 0.25) is 0 Å². The van der Waals surface area contributed by atoms with Gasteiger partial charge in [-0.05, 0) is 56.2 Å². The zero-order valence-corrected chi connectivity index (χ0v) is 14.1. The van der Waals surface area contributed by atoms with Gasteiger partial charge in [0.15, 0.2) is 6.61 Å². The predicted octanol–water partition coefficient (Wildman–Crippen LogP) is 4.31. The second-order valence-electron chi connectivity index (χ2n) is 6.09. The van der Waals surface area contributed by atoms with Gasteiger partial charge in [-0.15, -0.1) is 0 Å². The summed E-state index contributed by atoms with van der Waals surface area (Å²) in [5.41, 5.74) is 3.04. The molecule has 1 heterocycles. The summed E-state index contributed by atoms with van der Waals surface area (Å²) in [6.45, 7) is 5.88. The molecule has 1 unspecified atom stereocenters. The second kappa shape index (κ2) is 6.79. The van der Waals surface area contributed by atoms with Gasteiger partial charge in [0.25, 0.3) is 5.91 Å². The van der Waals surface area contributed by atoms with E-state index in [1.54, 1.807) is 0 Å². The minimum absolute atomic E-state index is 0.0204. The van der Waals surface area contributed by atoms with Crippen molar-refractivity contribution in [2.24, 2.45) is 0 Å². The molecule has 0 aliphatic heterocycles. The maximum absolute atomic E-state index is 12.1. The van der Waals surface area contributed by atoms with Gasteiger partial charge in [-0.25, -0.2) is 0 Å². The minimum atomic E-state index is -0.215. The Labute approximate surface area is 141 Å². The highest BCUT2D eigenvalue weighted by Gasteiger charge is 2.14. The van der Waals surface area contributed by atoms with Crippen molar-refractivity contribution in [2.75, 3.05) is 6.61 Å². The second-order valence-corrected chi connectivity index (χ2v) is 6.09. The number of furan rings is 1. The van der Waals surface area contributed by atoms with Crippen molar-refractivity contribution in [2.45, 2.75) is 26.8 Å². The summed E-state index contributed by atoms with van der Waals surface area (Å²) in [6, 6.07) is 15.4. The largest absolute Gasteiger partial charge is 0.484 e. The van der Waals surface area contributed by atoms with Crippen molar-refractivity contribution >= 4 is 16.9 Å². The number of nitrogens with one attached hydrogen (secondary N) is 1. The zero-order chi connectivity index (χ0) is 17.1. The van der Waals surface area contributed by atoms with Gasteiger partial charge in [0, 0.05) is 5.39 Å². The first-order chi connectivity index (χ1) is 11.5. The molecule has 4 heteroatoms. The number of rotatable bonds is 5. The van der Waals surface area contributed by atoms with E-state index in [0.717, 1.165) is 27.9 Å². The van der Waals surface area contributed by atoms with E-state index < -0.39 is 0 Å². The summed E-state index contributed by atoms with van der Waals surface area (Å²) in [5.74, 6) is 1.26. The van der Waals surface area contributed by atoms with Crippen LogP contribution in [0.3, 0.4) is 0 Å². The standard InChI is InChI=1S/C20H21NO3/c1-13-8-14(2)10-17(9-13)23-12-20(22)21-15(3)19-11-16-6-4-5-7-18(16)24-19/h4-11,15H,12H2,1-3H3,(H,21,22). The first-order valence-electron chi connectivity index (χ1n) is 8.00. The smallest absolute Gasteiger partial charge is 0.258 e. The third-order valence-electron chi connectivity index (χ3n) is 3.81. The lowest BCUT2D eigenvalue weighted by Crippen LogP contribution is -2.31. The molecule has 1 aromatic heterocycles. The Morgan fingerprint density at radius 2 is 1.83 bits per heavy atom. The minimum Gasteiger partial charge on any atom is -0.484 e. The van der Waals surface area contributed by atoms with E-state index in [9.17, 15) is 4.79 Å². The van der Waals surface area contributed by atoms with Crippen LogP contribution in [0.15, 0.2) is 52.9 Å². The Morgan fingerprint density at radius 3 is 2.54 bits per heavy atom. The maximum Gasteiger partial charge on any atom is 0.258 e. The molecule has 3 aromatic rings. The van der Waals surface area contributed by atoms with Crippen LogP contribution < -0.4 is 10.1 Å². The summed E-state index contributed by atoms with van der Waals surface area (Å²) in [4.78, 5) is 12.1. The molecule has 1 N–H and O–H groups in total. The quantitative estimate of drug-likeness (QED) is 0.761. The normalized spacial score (nSPS) is 12.1. The monoisotopic (exact) mass is 323 g/mol. The van der Waals surface area contributed by atoms with Gasteiger partial charge < -0.3 is 14.5 Å². The number of para-hydroxylation sites is 1. The van der Waals surface area contributed by atoms with Crippen molar-refractivity contribution in [1.82, 2.24) is 5.32 Å². The van der Waals surface area contributed by atoms with Crippen LogP contribution in [0.2, 0.25) is 0 Å². The Morgan fingerprint density at radius 1 is 1.12 bits per heavy atom. The van der Waals surface area contributed by atoms with Crippen molar-refractivity contribution in [3.05, 3.63) is 65.4 Å². The molecule has 1 amide bonds. The molecule has 0 saturated heterocycles. The summed E-state index contributed by atoms with van der Waals surface area (Å²) in [7, 11) is 0. The van der Waals surface area contributed by atoms with Crippen LogP contribution >= 0.6 is 0 Å². The first-order valence-corrected chi connectivity index (χ1v) is 8.00. The SMILES string of the molecule is Cc1cc(C)cc(OCC(=O)NC(C)c2cc3ccccc3o2)c1. The summed E-state index contributed by atoms with van der Waals surface area (Å²) in [6.07, 6.45) is 0. The molecule has 0 fully saturated rings. The Balaban J connectivity index is 1.59. The predicted molar refractivity (Wildman–Crippen MR) is 94.2 cm³/mol. The van der Waals surface area contributed by atoms with Gasteiger partial charge in [-0.1, -0.05) is 24.3 Å². The van der Waals surface area contributed by atoms with E-state index in [1.165, 1.54) is 0 Å². The number of benzene rings is 2. The van der Waals surface area contributed by atoms with Crippen molar-refractivity contribution < 1.29 is 13.9 Å². The van der Waals surface area contributed by atoms with E-state index in [1.807, 2.05) is 63.2 Å². The van der Waals surface area contributed by atoms with Crippen LogP contribution in [-0.4, -0.2) is 12.5 Å². The van der Waals surface area contributed by atoms with Gasteiger partial charge in [-0.2, -0.15) is 0 Å². The molecule has 4 nitrogen and oxygen atoms in total. The molecule has 124 valence electrons. The lowest BCUT2D eigenvalue weighted by Gasteiger charge is -2.12. The fourth-order valence-corrected chi connectivity index (χ4v) is 2.74. The number of aryl methyl sites for hydroxylation is 2. The van der Waals surface area contributed by atoms with Gasteiger partial charge >= 0.3 is 0 Å². The highest BCUT2D eigenvalue weighted by Crippen LogP contribution is 2.23. The van der Waals surface area contributed by atoms with E-state index in [0.29, 0.717) is 5.75 Å². The third kappa shape index (κ3) is 3.77. The summed E-state index contributed by atoms with van der Waals surface area (Å²) >= 11 is 0.